The van der Waals surface area contributed by atoms with E-state index < -0.39 is 0 Å². The molecular formula is C10H16ClN3O. The smallest absolute Gasteiger partial charge is 0.151 e. The Morgan fingerprint density at radius 1 is 1.40 bits per heavy atom. The van der Waals surface area contributed by atoms with Gasteiger partial charge in [-0.25, -0.2) is 0 Å². The highest BCUT2D eigenvalue weighted by Crippen LogP contribution is 2.11. The first kappa shape index (κ1) is 12.2. The molecule has 1 aromatic rings. The number of methoxy groups -OCH3 is 1. The van der Waals surface area contributed by atoms with Crippen molar-refractivity contribution in [2.24, 2.45) is 5.92 Å². The van der Waals surface area contributed by atoms with Crippen LogP contribution in [0.2, 0.25) is 5.15 Å². The van der Waals surface area contributed by atoms with Crippen molar-refractivity contribution in [3.05, 3.63) is 17.3 Å². The van der Waals surface area contributed by atoms with Gasteiger partial charge in [0.2, 0.25) is 0 Å². The van der Waals surface area contributed by atoms with Crippen molar-refractivity contribution in [2.75, 3.05) is 19.0 Å². The largest absolute Gasteiger partial charge is 0.383 e. The van der Waals surface area contributed by atoms with Gasteiger partial charge in [0.15, 0.2) is 5.15 Å². The van der Waals surface area contributed by atoms with E-state index in [9.17, 15) is 0 Å². The SMILES string of the molecule is COCC(Nc1ccc(Cl)nn1)C(C)C. The van der Waals surface area contributed by atoms with Crippen LogP contribution in [0, 0.1) is 5.92 Å². The first-order valence-corrected chi connectivity index (χ1v) is 5.26. The van der Waals surface area contributed by atoms with Gasteiger partial charge >= 0.3 is 0 Å². The maximum Gasteiger partial charge on any atom is 0.151 e. The van der Waals surface area contributed by atoms with Crippen molar-refractivity contribution < 1.29 is 4.74 Å². The van der Waals surface area contributed by atoms with Crippen molar-refractivity contribution in [1.82, 2.24) is 10.2 Å². The standard InChI is InChI=1S/C10H16ClN3O/c1-7(2)8(6-15-3)12-10-5-4-9(11)13-14-10/h4-5,7-8H,6H2,1-3H3,(H,12,14). The van der Waals surface area contributed by atoms with Crippen LogP contribution in [0.5, 0.6) is 0 Å². The molecule has 1 rings (SSSR count). The van der Waals surface area contributed by atoms with Crippen molar-refractivity contribution in [2.45, 2.75) is 19.9 Å². The predicted octanol–water partition coefficient (Wildman–Crippen LogP) is 2.21. The Morgan fingerprint density at radius 2 is 2.13 bits per heavy atom. The highest BCUT2D eigenvalue weighted by molar-refractivity contribution is 6.29. The van der Waals surface area contributed by atoms with E-state index in [1.165, 1.54) is 0 Å². The zero-order valence-corrected chi connectivity index (χ0v) is 9.95. The molecule has 15 heavy (non-hydrogen) atoms. The van der Waals surface area contributed by atoms with Crippen LogP contribution in [0.4, 0.5) is 5.82 Å². The highest BCUT2D eigenvalue weighted by Gasteiger charge is 2.13. The van der Waals surface area contributed by atoms with Crippen LogP contribution in [-0.4, -0.2) is 30.0 Å². The van der Waals surface area contributed by atoms with Gasteiger partial charge in [0.05, 0.1) is 12.6 Å². The molecule has 1 atom stereocenters. The van der Waals surface area contributed by atoms with Gasteiger partial charge in [-0.15, -0.1) is 10.2 Å². The second kappa shape index (κ2) is 5.88. The molecule has 84 valence electrons. The van der Waals surface area contributed by atoms with Gasteiger partial charge in [0.25, 0.3) is 0 Å². The Morgan fingerprint density at radius 3 is 2.60 bits per heavy atom. The highest BCUT2D eigenvalue weighted by atomic mass is 35.5. The number of hydrogen-bond acceptors (Lipinski definition) is 4. The molecule has 0 radical (unpaired) electrons. The molecule has 0 aliphatic rings. The van der Waals surface area contributed by atoms with E-state index >= 15 is 0 Å². The van der Waals surface area contributed by atoms with Gasteiger partial charge in [0.1, 0.15) is 5.82 Å². The number of nitrogens with zero attached hydrogens (tertiary/aromatic N) is 2. The fourth-order valence-corrected chi connectivity index (χ4v) is 1.26. The second-order valence-corrected chi connectivity index (χ2v) is 4.08. The summed E-state index contributed by atoms with van der Waals surface area (Å²) in [6.07, 6.45) is 0. The van der Waals surface area contributed by atoms with Crippen LogP contribution in [0.3, 0.4) is 0 Å². The van der Waals surface area contributed by atoms with Gasteiger partial charge in [-0.1, -0.05) is 25.4 Å². The molecule has 0 aliphatic carbocycles. The lowest BCUT2D eigenvalue weighted by atomic mass is 10.1. The summed E-state index contributed by atoms with van der Waals surface area (Å²) in [5, 5.41) is 11.3. The molecule has 1 N–H and O–H groups in total. The summed E-state index contributed by atoms with van der Waals surface area (Å²) in [6.45, 7) is 4.89. The fourth-order valence-electron chi connectivity index (χ4n) is 1.16. The lowest BCUT2D eigenvalue weighted by Crippen LogP contribution is -2.30. The van der Waals surface area contributed by atoms with Gasteiger partial charge in [-0.3, -0.25) is 0 Å². The molecule has 0 fully saturated rings. The minimum Gasteiger partial charge on any atom is -0.383 e. The molecular weight excluding hydrogens is 214 g/mol. The Hall–Kier alpha value is -0.870. The second-order valence-electron chi connectivity index (χ2n) is 3.69. The number of anilines is 1. The van der Waals surface area contributed by atoms with E-state index in [-0.39, 0.29) is 6.04 Å². The summed E-state index contributed by atoms with van der Waals surface area (Å²) in [4.78, 5) is 0. The van der Waals surface area contributed by atoms with Crippen molar-refractivity contribution in [3.63, 3.8) is 0 Å². The normalized spacial score (nSPS) is 12.9. The zero-order valence-electron chi connectivity index (χ0n) is 9.20. The Balaban J connectivity index is 2.61. The quantitative estimate of drug-likeness (QED) is 0.841. The van der Waals surface area contributed by atoms with E-state index in [0.29, 0.717) is 17.7 Å². The number of aromatic nitrogens is 2. The molecule has 0 aromatic carbocycles. The average Bonchev–Trinajstić information content (AvgIpc) is 2.20. The molecule has 0 bridgehead atoms. The third kappa shape index (κ3) is 4.01. The fraction of sp³-hybridized carbons (Fsp3) is 0.600. The Kier molecular flexibility index (Phi) is 4.78. The summed E-state index contributed by atoms with van der Waals surface area (Å²) in [5.74, 6) is 1.18. The molecule has 0 saturated carbocycles. The van der Waals surface area contributed by atoms with Crippen LogP contribution in [0.15, 0.2) is 12.1 Å². The maximum absolute atomic E-state index is 5.65. The summed E-state index contributed by atoms with van der Waals surface area (Å²) >= 11 is 5.65. The van der Waals surface area contributed by atoms with Crippen LogP contribution in [0.1, 0.15) is 13.8 Å². The first-order valence-electron chi connectivity index (χ1n) is 4.88. The van der Waals surface area contributed by atoms with Gasteiger partial charge < -0.3 is 10.1 Å². The third-order valence-electron chi connectivity index (χ3n) is 2.12. The van der Waals surface area contributed by atoms with E-state index in [0.717, 1.165) is 5.82 Å². The summed E-state index contributed by atoms with van der Waals surface area (Å²) in [7, 11) is 1.69. The van der Waals surface area contributed by atoms with E-state index in [1.807, 2.05) is 0 Å². The average molecular weight is 230 g/mol. The lowest BCUT2D eigenvalue weighted by molar-refractivity contribution is 0.171. The molecule has 0 aliphatic heterocycles. The third-order valence-corrected chi connectivity index (χ3v) is 2.32. The van der Waals surface area contributed by atoms with Gasteiger partial charge in [-0.05, 0) is 18.1 Å². The Bertz CT molecular complexity index is 289. The predicted molar refractivity (Wildman–Crippen MR) is 61.2 cm³/mol. The van der Waals surface area contributed by atoms with Crippen molar-refractivity contribution >= 4 is 17.4 Å². The van der Waals surface area contributed by atoms with Crippen molar-refractivity contribution in [3.8, 4) is 0 Å². The maximum atomic E-state index is 5.65. The minimum absolute atomic E-state index is 0.227. The molecule has 1 aromatic heterocycles. The monoisotopic (exact) mass is 229 g/mol. The number of hydrogen-bond donors (Lipinski definition) is 1. The molecule has 0 amide bonds. The van der Waals surface area contributed by atoms with Gasteiger partial charge in [0, 0.05) is 7.11 Å². The molecule has 5 heteroatoms. The minimum atomic E-state index is 0.227. The van der Waals surface area contributed by atoms with E-state index in [2.05, 4.69) is 29.4 Å². The number of halogens is 1. The van der Waals surface area contributed by atoms with E-state index in [4.69, 9.17) is 16.3 Å². The lowest BCUT2D eigenvalue weighted by Gasteiger charge is -2.21. The number of ether oxygens (including phenoxy) is 1. The van der Waals surface area contributed by atoms with Gasteiger partial charge in [-0.2, -0.15) is 0 Å². The first-order chi connectivity index (χ1) is 7.13. The zero-order chi connectivity index (χ0) is 11.3. The number of rotatable bonds is 5. The van der Waals surface area contributed by atoms with Crippen LogP contribution in [0.25, 0.3) is 0 Å². The summed E-state index contributed by atoms with van der Waals surface area (Å²) < 4.78 is 5.12. The molecule has 1 unspecified atom stereocenters. The molecule has 1 heterocycles. The molecule has 0 saturated heterocycles. The topological polar surface area (TPSA) is 47.0 Å². The van der Waals surface area contributed by atoms with E-state index in [1.54, 1.807) is 19.2 Å². The summed E-state index contributed by atoms with van der Waals surface area (Å²) in [5.41, 5.74) is 0. The van der Waals surface area contributed by atoms with Crippen LogP contribution < -0.4 is 5.32 Å². The van der Waals surface area contributed by atoms with Crippen LogP contribution >= 0.6 is 11.6 Å². The summed E-state index contributed by atoms with van der Waals surface area (Å²) in [6, 6.07) is 3.74. The molecule has 0 spiro atoms. The van der Waals surface area contributed by atoms with Crippen LogP contribution in [-0.2, 0) is 4.74 Å². The number of nitrogens with one attached hydrogen (secondary N) is 1. The Labute approximate surface area is 95.0 Å². The van der Waals surface area contributed by atoms with Crippen molar-refractivity contribution in [1.29, 1.82) is 0 Å². The molecule has 4 nitrogen and oxygen atoms in total.